The Morgan fingerprint density at radius 1 is 0.640 bits per heavy atom. The summed E-state index contributed by atoms with van der Waals surface area (Å²) in [5.41, 5.74) is -0.156. The van der Waals surface area contributed by atoms with Crippen LogP contribution in [0, 0.1) is 10.8 Å². The lowest BCUT2D eigenvalue weighted by atomic mass is 9.91. The van der Waals surface area contributed by atoms with Gasteiger partial charge in [-0.1, -0.05) is 31.9 Å². The van der Waals surface area contributed by atoms with Gasteiger partial charge in [-0.05, 0) is 52.0 Å². The van der Waals surface area contributed by atoms with Gasteiger partial charge in [-0.25, -0.2) is 9.59 Å². The molecule has 0 aliphatic carbocycles. The van der Waals surface area contributed by atoms with Gasteiger partial charge in [0.05, 0.1) is 60.3 Å². The van der Waals surface area contributed by atoms with Crippen LogP contribution in [-0.2, 0) is 28.4 Å². The van der Waals surface area contributed by atoms with E-state index in [1.54, 1.807) is 12.1 Å². The fraction of sp³-hybridized carbons (Fsp3) is 0.588. The van der Waals surface area contributed by atoms with E-state index in [1.165, 1.54) is 40.6 Å². The number of alkyl halides is 2. The quantitative estimate of drug-likeness (QED) is 0.214. The van der Waals surface area contributed by atoms with Gasteiger partial charge in [0.2, 0.25) is 11.5 Å². The number of aromatic hydroxyl groups is 2. The summed E-state index contributed by atoms with van der Waals surface area (Å²) in [6.45, 7) is 10.6. The van der Waals surface area contributed by atoms with E-state index in [-0.39, 0.29) is 16.7 Å². The molecule has 0 saturated carbocycles. The number of halogens is 2. The lowest BCUT2D eigenvalue weighted by Crippen LogP contribution is -2.51. The third-order valence-corrected chi connectivity index (χ3v) is 10.3. The van der Waals surface area contributed by atoms with E-state index in [2.05, 4.69) is 36.6 Å². The monoisotopic (exact) mass is 836 g/mol. The number of rotatable bonds is 6. The van der Waals surface area contributed by atoms with Crippen LogP contribution in [0.15, 0.2) is 24.3 Å². The van der Waals surface area contributed by atoms with E-state index in [0.717, 1.165) is 23.9 Å². The molecule has 3 aliphatic rings. The van der Waals surface area contributed by atoms with Gasteiger partial charge in [0, 0.05) is 16.1 Å². The molecule has 0 atom stereocenters. The second-order valence-corrected chi connectivity index (χ2v) is 13.9. The van der Waals surface area contributed by atoms with Crippen molar-refractivity contribution in [3.8, 4) is 34.5 Å². The van der Waals surface area contributed by atoms with Crippen LogP contribution in [0.4, 0.5) is 0 Å². The Morgan fingerprint density at radius 3 is 1.56 bits per heavy atom. The van der Waals surface area contributed by atoms with Gasteiger partial charge in [0.15, 0.2) is 34.6 Å². The fourth-order valence-corrected chi connectivity index (χ4v) is 6.16. The summed E-state index contributed by atoms with van der Waals surface area (Å²) in [7, 11) is 5.38. The molecule has 2 fully saturated rings. The standard InChI is InChI=1S/C17H22O7.C9H10O5.C8H14Br2O2/c1-16(2)23-9-17(10-24-16)7-21-13-11(15(18)20-4)5-6-12(19-3)14(13)22-8-17;1-13-6-4-3-5(9(12)14-2)7(10)8(6)11;1-7(2)11-5-8(3-9,4-10)6-12-7/h5-6H,7-10H2,1-4H3;3-4,10-11H,1-2H3;3-6H2,1-2H3. The molecule has 0 unspecified atom stereocenters. The Morgan fingerprint density at radius 2 is 1.08 bits per heavy atom. The zero-order valence-electron chi connectivity index (χ0n) is 29.5. The first kappa shape index (κ1) is 41.4. The largest absolute Gasteiger partial charge is 0.504 e. The van der Waals surface area contributed by atoms with Crippen LogP contribution in [0.3, 0.4) is 0 Å². The van der Waals surface area contributed by atoms with Crippen molar-refractivity contribution in [2.45, 2.75) is 39.3 Å². The number of carbonyl (C=O) groups excluding carboxylic acids is 2. The maximum atomic E-state index is 12.0. The minimum absolute atomic E-state index is 0.0927. The van der Waals surface area contributed by atoms with E-state index in [9.17, 15) is 19.8 Å². The van der Waals surface area contributed by atoms with Crippen molar-refractivity contribution < 1.29 is 67.2 Å². The van der Waals surface area contributed by atoms with Crippen LogP contribution < -0.4 is 18.9 Å². The Balaban J connectivity index is 0.000000222. The highest BCUT2D eigenvalue weighted by Crippen LogP contribution is 2.45. The predicted octanol–water partition coefficient (Wildman–Crippen LogP) is 5.46. The minimum atomic E-state index is -0.722. The van der Waals surface area contributed by atoms with E-state index in [0.29, 0.717) is 49.2 Å². The molecule has 2 aromatic carbocycles. The first-order valence-electron chi connectivity index (χ1n) is 15.4. The molecule has 3 heterocycles. The number of esters is 2. The number of carbonyl (C=O) groups is 2. The topological polar surface area (TPSA) is 167 Å². The summed E-state index contributed by atoms with van der Waals surface area (Å²) < 4.78 is 53.8. The zero-order chi connectivity index (χ0) is 37.3. The van der Waals surface area contributed by atoms with E-state index >= 15 is 0 Å². The highest BCUT2D eigenvalue weighted by Gasteiger charge is 2.44. The first-order valence-corrected chi connectivity index (χ1v) is 17.7. The third-order valence-electron chi connectivity index (χ3n) is 7.96. The molecule has 0 aromatic heterocycles. The fourth-order valence-electron chi connectivity index (χ4n) is 4.58. The number of ether oxygens (including phenoxy) is 10. The lowest BCUT2D eigenvalue weighted by Gasteiger charge is -2.41. The molecule has 2 aromatic rings. The average Bonchev–Trinajstić information content (AvgIpc) is 3.31. The normalized spacial score (nSPS) is 19.2. The van der Waals surface area contributed by atoms with Crippen LogP contribution in [-0.4, -0.2) is 112 Å². The second-order valence-electron chi connectivity index (χ2n) is 12.8. The number of methoxy groups -OCH3 is 4. The summed E-state index contributed by atoms with van der Waals surface area (Å²) in [6.07, 6.45) is 0. The Hall–Kier alpha value is -3.02. The highest BCUT2D eigenvalue weighted by atomic mass is 79.9. The number of benzene rings is 2. The zero-order valence-corrected chi connectivity index (χ0v) is 32.7. The second kappa shape index (κ2) is 17.5. The molecule has 280 valence electrons. The number of hydrogen-bond acceptors (Lipinski definition) is 14. The van der Waals surface area contributed by atoms with Gasteiger partial charge in [-0.15, -0.1) is 0 Å². The Bertz CT molecular complexity index is 1450. The summed E-state index contributed by atoms with van der Waals surface area (Å²) in [5.74, 6) is -1.97. The van der Waals surface area contributed by atoms with E-state index in [4.69, 9.17) is 42.6 Å². The molecule has 16 heteroatoms. The van der Waals surface area contributed by atoms with Gasteiger partial charge in [-0.3, -0.25) is 0 Å². The summed E-state index contributed by atoms with van der Waals surface area (Å²) in [6, 6.07) is 5.92. The van der Waals surface area contributed by atoms with Gasteiger partial charge in [-0.2, -0.15) is 0 Å². The van der Waals surface area contributed by atoms with Crippen molar-refractivity contribution in [2.75, 3.05) is 78.7 Å². The molecule has 2 N–H and O–H groups in total. The lowest BCUT2D eigenvalue weighted by molar-refractivity contribution is -0.291. The van der Waals surface area contributed by atoms with Crippen molar-refractivity contribution >= 4 is 43.8 Å². The van der Waals surface area contributed by atoms with Gasteiger partial charge in [0.1, 0.15) is 24.3 Å². The van der Waals surface area contributed by atoms with Crippen molar-refractivity contribution in [3.63, 3.8) is 0 Å². The Kier molecular flexibility index (Phi) is 14.5. The van der Waals surface area contributed by atoms with Crippen LogP contribution in [0.25, 0.3) is 0 Å². The molecule has 1 spiro atoms. The highest BCUT2D eigenvalue weighted by molar-refractivity contribution is 9.09. The maximum absolute atomic E-state index is 12.0. The van der Waals surface area contributed by atoms with Crippen molar-refractivity contribution in [2.24, 2.45) is 10.8 Å². The SMILES string of the molecule is CC1(C)OCC(CBr)(CBr)CO1.COC(=O)c1ccc(OC)c(O)c1O.COC(=O)c1ccc(OC)c2c1OCC1(CO2)COC(C)(C)OC1. The van der Waals surface area contributed by atoms with Crippen LogP contribution in [0.2, 0.25) is 0 Å². The maximum Gasteiger partial charge on any atom is 0.341 e. The van der Waals surface area contributed by atoms with Crippen molar-refractivity contribution in [3.05, 3.63) is 35.4 Å². The van der Waals surface area contributed by atoms with Gasteiger partial charge in [0.25, 0.3) is 0 Å². The molecule has 0 bridgehead atoms. The number of fused-ring (bicyclic) bond motifs is 1. The molecule has 50 heavy (non-hydrogen) atoms. The molecular formula is C34H46Br2O14. The smallest absolute Gasteiger partial charge is 0.341 e. The first-order chi connectivity index (χ1) is 23.5. The third kappa shape index (κ3) is 10.1. The number of phenols is 2. The number of phenolic OH excluding ortho intramolecular Hbond substituents is 2. The van der Waals surface area contributed by atoms with E-state index in [1.807, 2.05) is 27.7 Å². The molecule has 3 aliphatic heterocycles. The minimum Gasteiger partial charge on any atom is -0.504 e. The van der Waals surface area contributed by atoms with Gasteiger partial charge >= 0.3 is 11.9 Å². The van der Waals surface area contributed by atoms with Crippen LogP contribution in [0.1, 0.15) is 48.4 Å². The molecular weight excluding hydrogens is 792 g/mol. The summed E-state index contributed by atoms with van der Waals surface area (Å²) in [4.78, 5) is 23.1. The Labute approximate surface area is 308 Å². The molecule has 0 amide bonds. The van der Waals surface area contributed by atoms with E-state index < -0.39 is 40.4 Å². The molecule has 0 radical (unpaired) electrons. The summed E-state index contributed by atoms with van der Waals surface area (Å²) in [5, 5.41) is 20.5. The average molecular weight is 839 g/mol. The van der Waals surface area contributed by atoms with Crippen LogP contribution >= 0.6 is 31.9 Å². The number of hydrogen-bond donors (Lipinski definition) is 2. The van der Waals surface area contributed by atoms with Gasteiger partial charge < -0.3 is 57.6 Å². The molecule has 5 rings (SSSR count). The molecule has 2 saturated heterocycles. The summed E-state index contributed by atoms with van der Waals surface area (Å²) >= 11 is 6.95. The molecule has 14 nitrogen and oxygen atoms in total. The van der Waals surface area contributed by atoms with Crippen LogP contribution in [0.5, 0.6) is 34.5 Å². The predicted molar refractivity (Wildman–Crippen MR) is 187 cm³/mol. The van der Waals surface area contributed by atoms with Crippen molar-refractivity contribution in [1.29, 1.82) is 0 Å². The van der Waals surface area contributed by atoms with Crippen molar-refractivity contribution in [1.82, 2.24) is 0 Å².